The number of rotatable bonds is 8. The fraction of sp³-hybridized carbons (Fsp3) is 0.733. The van der Waals surface area contributed by atoms with Crippen molar-refractivity contribution in [2.24, 2.45) is 11.8 Å². The third kappa shape index (κ3) is 9.82. The van der Waals surface area contributed by atoms with Crippen molar-refractivity contribution >= 4 is 0 Å². The summed E-state index contributed by atoms with van der Waals surface area (Å²) in [5.41, 5.74) is 1.42. The van der Waals surface area contributed by atoms with E-state index in [0.29, 0.717) is 5.92 Å². The van der Waals surface area contributed by atoms with Crippen molar-refractivity contribution in [3.63, 3.8) is 0 Å². The maximum atomic E-state index is 8.63. The summed E-state index contributed by atoms with van der Waals surface area (Å²) in [6.45, 7) is 8.81. The summed E-state index contributed by atoms with van der Waals surface area (Å²) in [7, 11) is 0. The van der Waals surface area contributed by atoms with Gasteiger partial charge in [0.25, 0.3) is 0 Å². The molecule has 0 aromatic rings. The summed E-state index contributed by atoms with van der Waals surface area (Å²) in [5.74, 6) is 1.33. The van der Waals surface area contributed by atoms with Gasteiger partial charge < -0.3 is 5.11 Å². The minimum absolute atomic E-state index is 0.509. The number of hydrogen-bond donors (Lipinski definition) is 1. The van der Waals surface area contributed by atoms with E-state index in [2.05, 4.69) is 33.8 Å². The van der Waals surface area contributed by atoms with Crippen LogP contribution in [0.4, 0.5) is 0 Å². The largest absolute Gasteiger partial charge is 0.516 e. The molecule has 0 bridgehead atoms. The van der Waals surface area contributed by atoms with E-state index in [1.165, 1.54) is 43.9 Å². The van der Waals surface area contributed by atoms with E-state index in [1.807, 2.05) is 6.08 Å². The molecule has 0 saturated heterocycles. The Balaban J connectivity index is 3.50. The molecular weight excluding hydrogens is 196 g/mol. The van der Waals surface area contributed by atoms with Crippen LogP contribution in [-0.4, -0.2) is 5.11 Å². The van der Waals surface area contributed by atoms with Crippen LogP contribution in [0.2, 0.25) is 0 Å². The van der Waals surface area contributed by atoms with Gasteiger partial charge in [0.15, 0.2) is 0 Å². The molecule has 0 heterocycles. The molecule has 0 aliphatic carbocycles. The van der Waals surface area contributed by atoms with Crippen LogP contribution in [0.5, 0.6) is 0 Å². The highest BCUT2D eigenvalue weighted by Gasteiger charge is 2.03. The Bertz CT molecular complexity index is 211. The molecule has 16 heavy (non-hydrogen) atoms. The van der Waals surface area contributed by atoms with Gasteiger partial charge in [-0.3, -0.25) is 0 Å². The van der Waals surface area contributed by atoms with Gasteiger partial charge in [-0.25, -0.2) is 0 Å². The van der Waals surface area contributed by atoms with E-state index in [4.69, 9.17) is 5.11 Å². The normalized spacial score (nSPS) is 15.0. The van der Waals surface area contributed by atoms with Crippen LogP contribution in [0.15, 0.2) is 24.0 Å². The molecule has 0 aliphatic heterocycles. The first-order chi connectivity index (χ1) is 7.56. The van der Waals surface area contributed by atoms with Crippen molar-refractivity contribution in [2.75, 3.05) is 0 Å². The van der Waals surface area contributed by atoms with Gasteiger partial charge in [-0.05, 0) is 51.0 Å². The average Bonchev–Trinajstić information content (AvgIpc) is 2.17. The Hall–Kier alpha value is -0.720. The monoisotopic (exact) mass is 224 g/mol. The minimum Gasteiger partial charge on any atom is -0.516 e. The zero-order valence-electron chi connectivity index (χ0n) is 11.4. The van der Waals surface area contributed by atoms with E-state index < -0.39 is 0 Å². The van der Waals surface area contributed by atoms with Crippen molar-refractivity contribution in [1.82, 2.24) is 0 Å². The summed E-state index contributed by atoms with van der Waals surface area (Å²) in [6.07, 6.45) is 11.6. The van der Waals surface area contributed by atoms with Crippen LogP contribution in [0.1, 0.15) is 59.8 Å². The second-order valence-electron chi connectivity index (χ2n) is 5.21. The molecule has 0 aliphatic rings. The SMILES string of the molecule is CC(C)=CCCC(C)CCCC(C)C=CO. The van der Waals surface area contributed by atoms with Gasteiger partial charge >= 0.3 is 0 Å². The highest BCUT2D eigenvalue weighted by Crippen LogP contribution is 2.17. The van der Waals surface area contributed by atoms with Gasteiger partial charge in [-0.1, -0.05) is 38.3 Å². The van der Waals surface area contributed by atoms with E-state index in [-0.39, 0.29) is 0 Å². The highest BCUT2D eigenvalue weighted by atomic mass is 16.2. The van der Waals surface area contributed by atoms with Crippen LogP contribution < -0.4 is 0 Å². The molecule has 2 unspecified atom stereocenters. The summed E-state index contributed by atoms with van der Waals surface area (Å²) >= 11 is 0. The highest BCUT2D eigenvalue weighted by molar-refractivity contribution is 4.92. The van der Waals surface area contributed by atoms with Crippen molar-refractivity contribution in [1.29, 1.82) is 0 Å². The number of aliphatic hydroxyl groups is 1. The molecule has 0 radical (unpaired) electrons. The lowest BCUT2D eigenvalue weighted by molar-refractivity contribution is 0.438. The van der Waals surface area contributed by atoms with Crippen molar-refractivity contribution in [2.45, 2.75) is 59.8 Å². The molecule has 0 spiro atoms. The zero-order valence-corrected chi connectivity index (χ0v) is 11.4. The molecular formula is C15H28O. The Morgan fingerprint density at radius 1 is 1.12 bits per heavy atom. The second kappa shape index (κ2) is 9.50. The molecule has 0 amide bonds. The van der Waals surface area contributed by atoms with Crippen LogP contribution in [0, 0.1) is 11.8 Å². The predicted octanol–water partition coefficient (Wildman–Crippen LogP) is 5.25. The summed E-state index contributed by atoms with van der Waals surface area (Å²) < 4.78 is 0. The van der Waals surface area contributed by atoms with Gasteiger partial charge in [0.05, 0.1) is 6.26 Å². The summed E-state index contributed by atoms with van der Waals surface area (Å²) in [6, 6.07) is 0. The molecule has 0 rings (SSSR count). The molecule has 1 heteroatoms. The quantitative estimate of drug-likeness (QED) is 0.441. The number of allylic oxidation sites excluding steroid dienone is 3. The van der Waals surface area contributed by atoms with Crippen molar-refractivity contribution < 1.29 is 5.11 Å². The molecule has 0 aromatic carbocycles. The fourth-order valence-electron chi connectivity index (χ4n) is 1.83. The van der Waals surface area contributed by atoms with Gasteiger partial charge in [-0.15, -0.1) is 0 Å². The molecule has 2 atom stereocenters. The molecule has 0 saturated carbocycles. The van der Waals surface area contributed by atoms with Gasteiger partial charge in [0.2, 0.25) is 0 Å². The Labute approximate surface area is 101 Å². The number of aliphatic hydroxyl groups excluding tert-OH is 1. The van der Waals surface area contributed by atoms with Crippen LogP contribution in [0.25, 0.3) is 0 Å². The molecule has 1 nitrogen and oxygen atoms in total. The zero-order chi connectivity index (χ0) is 12.4. The van der Waals surface area contributed by atoms with E-state index in [0.717, 1.165) is 5.92 Å². The molecule has 1 N–H and O–H groups in total. The summed E-state index contributed by atoms with van der Waals surface area (Å²) in [5, 5.41) is 8.63. The first-order valence-corrected chi connectivity index (χ1v) is 6.50. The predicted molar refractivity (Wildman–Crippen MR) is 72.6 cm³/mol. The first kappa shape index (κ1) is 15.3. The third-order valence-electron chi connectivity index (χ3n) is 2.98. The second-order valence-corrected chi connectivity index (χ2v) is 5.21. The van der Waals surface area contributed by atoms with E-state index in [1.54, 1.807) is 0 Å². The van der Waals surface area contributed by atoms with Crippen LogP contribution in [0.3, 0.4) is 0 Å². The summed E-state index contributed by atoms with van der Waals surface area (Å²) in [4.78, 5) is 0. The first-order valence-electron chi connectivity index (χ1n) is 6.50. The lowest BCUT2D eigenvalue weighted by atomic mass is 9.95. The van der Waals surface area contributed by atoms with Crippen molar-refractivity contribution in [3.05, 3.63) is 24.0 Å². The lowest BCUT2D eigenvalue weighted by Gasteiger charge is -2.11. The Morgan fingerprint density at radius 3 is 2.38 bits per heavy atom. The van der Waals surface area contributed by atoms with Crippen molar-refractivity contribution in [3.8, 4) is 0 Å². The van der Waals surface area contributed by atoms with Gasteiger partial charge in [0.1, 0.15) is 0 Å². The Kier molecular flexibility index (Phi) is 9.07. The fourth-order valence-corrected chi connectivity index (χ4v) is 1.83. The maximum Gasteiger partial charge on any atom is 0.0754 e. The standard InChI is InChI=1S/C15H28O/c1-13(2)7-5-8-14(3)9-6-10-15(4)11-12-16/h7,11-12,14-16H,5-6,8-10H2,1-4H3. The molecule has 0 fully saturated rings. The van der Waals surface area contributed by atoms with Crippen LogP contribution in [-0.2, 0) is 0 Å². The van der Waals surface area contributed by atoms with E-state index in [9.17, 15) is 0 Å². The smallest absolute Gasteiger partial charge is 0.0754 e. The third-order valence-corrected chi connectivity index (χ3v) is 2.98. The minimum atomic E-state index is 0.509. The van der Waals surface area contributed by atoms with E-state index >= 15 is 0 Å². The number of hydrogen-bond acceptors (Lipinski definition) is 1. The van der Waals surface area contributed by atoms with Gasteiger partial charge in [0, 0.05) is 0 Å². The lowest BCUT2D eigenvalue weighted by Crippen LogP contribution is -1.97. The topological polar surface area (TPSA) is 20.2 Å². The average molecular weight is 224 g/mol. The maximum absolute atomic E-state index is 8.63. The van der Waals surface area contributed by atoms with Crippen LogP contribution >= 0.6 is 0 Å². The molecule has 0 aromatic heterocycles. The van der Waals surface area contributed by atoms with Gasteiger partial charge in [-0.2, -0.15) is 0 Å². The Morgan fingerprint density at radius 2 is 1.81 bits per heavy atom. The molecule has 94 valence electrons.